The normalized spacial score (nSPS) is 14.4. The predicted molar refractivity (Wildman–Crippen MR) is 56.2 cm³/mol. The van der Waals surface area contributed by atoms with Gasteiger partial charge in [-0.25, -0.2) is 0 Å². The number of aliphatic carboxylic acids is 1. The molecule has 2 heteroatoms. The number of carbonyl (C=O) groups is 1. The maximum Gasteiger partial charge on any atom is 0.307 e. The molecular formula is C12H14O2. The maximum atomic E-state index is 10.8. The Labute approximate surface area is 83.9 Å². The molecule has 0 unspecified atom stereocenters. The maximum absolute atomic E-state index is 10.8. The van der Waals surface area contributed by atoms with Gasteiger partial charge < -0.3 is 5.11 Å². The lowest BCUT2D eigenvalue weighted by Crippen LogP contribution is -2.17. The van der Waals surface area contributed by atoms with Crippen LogP contribution in [0.15, 0.2) is 43.0 Å². The first-order valence-electron chi connectivity index (χ1n) is 4.57. The van der Waals surface area contributed by atoms with E-state index in [0.717, 1.165) is 5.56 Å². The van der Waals surface area contributed by atoms with Gasteiger partial charge in [0.25, 0.3) is 0 Å². The molecule has 0 heterocycles. The fourth-order valence-corrected chi connectivity index (χ4v) is 1.46. The standard InChI is InChI=1S/C12H14O2/c1-3-11(9(2)12(13)14)10-7-5-4-6-8-10/h3-9,11H,1H2,2H3,(H,13,14)/t9-,11+/m0/s1. The number of benzene rings is 1. The molecule has 2 atom stereocenters. The fraction of sp³-hybridized carbons (Fsp3) is 0.250. The van der Waals surface area contributed by atoms with E-state index in [9.17, 15) is 4.79 Å². The number of carboxylic acid groups (broad SMARTS) is 1. The van der Waals surface area contributed by atoms with Crippen LogP contribution in [0.3, 0.4) is 0 Å². The van der Waals surface area contributed by atoms with Gasteiger partial charge in [0.15, 0.2) is 0 Å². The summed E-state index contributed by atoms with van der Waals surface area (Å²) in [5.41, 5.74) is 0.998. The van der Waals surface area contributed by atoms with Crippen molar-refractivity contribution in [2.75, 3.05) is 0 Å². The van der Waals surface area contributed by atoms with Gasteiger partial charge in [-0.05, 0) is 5.56 Å². The summed E-state index contributed by atoms with van der Waals surface area (Å²) in [7, 11) is 0. The third kappa shape index (κ3) is 2.22. The number of rotatable bonds is 4. The molecule has 0 radical (unpaired) electrons. The SMILES string of the molecule is C=C[C@@H](c1ccccc1)[C@H](C)C(=O)O. The summed E-state index contributed by atoms with van der Waals surface area (Å²) in [6.45, 7) is 5.37. The number of hydrogen-bond acceptors (Lipinski definition) is 1. The van der Waals surface area contributed by atoms with E-state index in [0.29, 0.717) is 0 Å². The Bertz CT molecular complexity index is 316. The molecule has 1 N–H and O–H groups in total. The van der Waals surface area contributed by atoms with Gasteiger partial charge in [0.1, 0.15) is 0 Å². The van der Waals surface area contributed by atoms with Crippen molar-refractivity contribution >= 4 is 5.97 Å². The van der Waals surface area contributed by atoms with Gasteiger partial charge in [0, 0.05) is 5.92 Å². The molecule has 0 amide bonds. The van der Waals surface area contributed by atoms with Gasteiger partial charge >= 0.3 is 5.97 Å². The van der Waals surface area contributed by atoms with Crippen molar-refractivity contribution in [2.45, 2.75) is 12.8 Å². The van der Waals surface area contributed by atoms with Gasteiger partial charge in [-0.2, -0.15) is 0 Å². The highest BCUT2D eigenvalue weighted by Crippen LogP contribution is 2.25. The smallest absolute Gasteiger partial charge is 0.307 e. The van der Waals surface area contributed by atoms with E-state index < -0.39 is 11.9 Å². The molecule has 0 fully saturated rings. The Morgan fingerprint density at radius 2 is 2.00 bits per heavy atom. The third-order valence-corrected chi connectivity index (χ3v) is 2.37. The molecule has 0 aliphatic heterocycles. The zero-order chi connectivity index (χ0) is 10.6. The van der Waals surface area contributed by atoms with Crippen molar-refractivity contribution < 1.29 is 9.90 Å². The van der Waals surface area contributed by atoms with Gasteiger partial charge in [-0.3, -0.25) is 4.79 Å². The van der Waals surface area contributed by atoms with Gasteiger partial charge in [0.2, 0.25) is 0 Å². The van der Waals surface area contributed by atoms with Gasteiger partial charge in [0.05, 0.1) is 5.92 Å². The van der Waals surface area contributed by atoms with Gasteiger partial charge in [-0.1, -0.05) is 43.3 Å². The number of allylic oxidation sites excluding steroid dienone is 1. The number of hydrogen-bond donors (Lipinski definition) is 1. The van der Waals surface area contributed by atoms with E-state index in [2.05, 4.69) is 6.58 Å². The van der Waals surface area contributed by atoms with Crippen LogP contribution in [0.2, 0.25) is 0 Å². The van der Waals surface area contributed by atoms with Crippen LogP contribution in [0, 0.1) is 5.92 Å². The molecule has 0 aromatic heterocycles. The Hall–Kier alpha value is -1.57. The minimum absolute atomic E-state index is 0.117. The summed E-state index contributed by atoms with van der Waals surface area (Å²) in [6.07, 6.45) is 1.69. The van der Waals surface area contributed by atoms with Gasteiger partial charge in [-0.15, -0.1) is 6.58 Å². The molecule has 1 aromatic rings. The Balaban J connectivity index is 2.93. The van der Waals surface area contributed by atoms with Crippen LogP contribution >= 0.6 is 0 Å². The first kappa shape index (κ1) is 10.5. The highest BCUT2D eigenvalue weighted by molar-refractivity contribution is 5.71. The van der Waals surface area contributed by atoms with Crippen molar-refractivity contribution in [2.24, 2.45) is 5.92 Å². The van der Waals surface area contributed by atoms with Crippen molar-refractivity contribution in [3.8, 4) is 0 Å². The van der Waals surface area contributed by atoms with E-state index in [1.54, 1.807) is 13.0 Å². The van der Waals surface area contributed by atoms with Crippen LogP contribution < -0.4 is 0 Å². The predicted octanol–water partition coefficient (Wildman–Crippen LogP) is 2.68. The Morgan fingerprint density at radius 3 is 2.43 bits per heavy atom. The van der Waals surface area contributed by atoms with Crippen molar-refractivity contribution in [3.05, 3.63) is 48.6 Å². The molecule has 0 spiro atoms. The minimum atomic E-state index is -0.793. The largest absolute Gasteiger partial charge is 0.481 e. The quantitative estimate of drug-likeness (QED) is 0.741. The number of carboxylic acids is 1. The van der Waals surface area contributed by atoms with E-state index in [-0.39, 0.29) is 5.92 Å². The summed E-state index contributed by atoms with van der Waals surface area (Å²) in [6, 6.07) is 9.56. The van der Waals surface area contributed by atoms with Crippen LogP contribution in [0.25, 0.3) is 0 Å². The first-order chi connectivity index (χ1) is 6.66. The second-order valence-corrected chi connectivity index (χ2v) is 3.30. The third-order valence-electron chi connectivity index (χ3n) is 2.37. The highest BCUT2D eigenvalue weighted by Gasteiger charge is 2.21. The summed E-state index contributed by atoms with van der Waals surface area (Å²) in [5.74, 6) is -1.35. The summed E-state index contributed by atoms with van der Waals surface area (Å²) in [4.78, 5) is 10.8. The average Bonchev–Trinajstić information content (AvgIpc) is 2.20. The molecule has 1 aromatic carbocycles. The molecule has 0 saturated carbocycles. The van der Waals surface area contributed by atoms with Crippen LogP contribution in [-0.2, 0) is 4.79 Å². The Morgan fingerprint density at radius 1 is 1.43 bits per heavy atom. The molecule has 0 aliphatic carbocycles. The summed E-state index contributed by atoms with van der Waals surface area (Å²) < 4.78 is 0. The van der Waals surface area contributed by atoms with E-state index in [1.807, 2.05) is 30.3 Å². The second-order valence-electron chi connectivity index (χ2n) is 3.30. The lowest BCUT2D eigenvalue weighted by atomic mass is 9.87. The topological polar surface area (TPSA) is 37.3 Å². The molecule has 14 heavy (non-hydrogen) atoms. The average molecular weight is 190 g/mol. The highest BCUT2D eigenvalue weighted by atomic mass is 16.4. The monoisotopic (exact) mass is 190 g/mol. The first-order valence-corrected chi connectivity index (χ1v) is 4.57. The van der Waals surface area contributed by atoms with E-state index in [4.69, 9.17) is 5.11 Å². The fourth-order valence-electron chi connectivity index (χ4n) is 1.46. The van der Waals surface area contributed by atoms with E-state index in [1.165, 1.54) is 0 Å². The summed E-state index contributed by atoms with van der Waals surface area (Å²) >= 11 is 0. The van der Waals surface area contributed by atoms with Crippen LogP contribution in [0.1, 0.15) is 18.4 Å². The van der Waals surface area contributed by atoms with Crippen LogP contribution in [0.4, 0.5) is 0 Å². The van der Waals surface area contributed by atoms with E-state index >= 15 is 0 Å². The summed E-state index contributed by atoms with van der Waals surface area (Å²) in [5, 5.41) is 8.90. The van der Waals surface area contributed by atoms with Crippen LogP contribution in [-0.4, -0.2) is 11.1 Å². The molecule has 1 rings (SSSR count). The minimum Gasteiger partial charge on any atom is -0.481 e. The molecule has 0 aliphatic rings. The lowest BCUT2D eigenvalue weighted by molar-refractivity contribution is -0.141. The van der Waals surface area contributed by atoms with Crippen molar-refractivity contribution in [3.63, 3.8) is 0 Å². The zero-order valence-corrected chi connectivity index (χ0v) is 8.18. The van der Waals surface area contributed by atoms with Crippen molar-refractivity contribution in [1.29, 1.82) is 0 Å². The molecule has 2 nitrogen and oxygen atoms in total. The Kier molecular flexibility index (Phi) is 3.46. The van der Waals surface area contributed by atoms with Crippen LogP contribution in [0.5, 0.6) is 0 Å². The van der Waals surface area contributed by atoms with Crippen molar-refractivity contribution in [1.82, 2.24) is 0 Å². The molecule has 0 saturated heterocycles. The lowest BCUT2D eigenvalue weighted by Gasteiger charge is -2.16. The zero-order valence-electron chi connectivity index (χ0n) is 8.18. The molecular weight excluding hydrogens is 176 g/mol. The molecule has 74 valence electrons. The second kappa shape index (κ2) is 4.61. The molecule has 0 bridgehead atoms.